The first kappa shape index (κ1) is 87.9. The van der Waals surface area contributed by atoms with Gasteiger partial charge in [-0.3, -0.25) is 9.59 Å². The van der Waals surface area contributed by atoms with Crippen LogP contribution < -0.4 is 5.11 Å². The number of likely N-dealkylation sites (N-methyl/N-ethyl adjacent to an activating group) is 1. The van der Waals surface area contributed by atoms with Gasteiger partial charge in [0, 0.05) is 12.8 Å². The number of rotatable bonds is 68. The number of hydrogen-bond donors (Lipinski definition) is 0. The third-order valence-corrected chi connectivity index (χ3v) is 15.8. The molecule has 0 saturated heterocycles. The van der Waals surface area contributed by atoms with E-state index in [1.165, 1.54) is 135 Å². The van der Waals surface area contributed by atoms with Gasteiger partial charge in [-0.15, -0.1) is 0 Å². The Kier molecular flexibility index (Phi) is 68.8. The van der Waals surface area contributed by atoms with E-state index in [0.717, 1.165) is 128 Å². The van der Waals surface area contributed by atoms with Crippen molar-refractivity contribution in [2.45, 2.75) is 309 Å². The minimum absolute atomic E-state index is 0.136. The number of carbonyl (C=O) groups is 3. The van der Waals surface area contributed by atoms with Gasteiger partial charge in [0.2, 0.25) is 0 Å². The number of ether oxygens (including phenoxy) is 4. The summed E-state index contributed by atoms with van der Waals surface area (Å²) in [6, 6.07) is 0. The fourth-order valence-electron chi connectivity index (χ4n) is 10.1. The number of carboxylic acids is 1. The topological polar surface area (TPSA) is 111 Å². The molecule has 0 aromatic rings. The maximum atomic E-state index is 12.9. The van der Waals surface area contributed by atoms with Gasteiger partial charge in [-0.1, -0.05) is 320 Å². The second-order valence-corrected chi connectivity index (χ2v) is 25.8. The molecule has 0 N–H and O–H groups in total. The number of carboxylic acid groups (broad SMARTS) is 1. The molecule has 0 aliphatic rings. The van der Waals surface area contributed by atoms with Crippen LogP contribution in [0.2, 0.25) is 0 Å². The molecule has 0 aliphatic heterocycles. The van der Waals surface area contributed by atoms with E-state index in [2.05, 4.69) is 172 Å². The number of unbranched alkanes of at least 4 members (excludes halogenated alkanes) is 27. The molecule has 9 nitrogen and oxygen atoms in total. The summed E-state index contributed by atoms with van der Waals surface area (Å²) in [5.41, 5.74) is 0. The van der Waals surface area contributed by atoms with Gasteiger partial charge in [-0.25, -0.2) is 0 Å². The lowest BCUT2D eigenvalue weighted by atomic mass is 10.0. The Balaban J connectivity index is 4.10. The molecule has 0 radical (unpaired) electrons. The molecule has 0 aliphatic carbocycles. The van der Waals surface area contributed by atoms with Crippen LogP contribution in [0.5, 0.6) is 0 Å². The number of esters is 2. The van der Waals surface area contributed by atoms with Crippen molar-refractivity contribution in [3.63, 3.8) is 0 Å². The van der Waals surface area contributed by atoms with Crippen molar-refractivity contribution < 1.29 is 42.9 Å². The second kappa shape index (κ2) is 72.7. The summed E-state index contributed by atoms with van der Waals surface area (Å²) in [6.45, 7) is 4.50. The van der Waals surface area contributed by atoms with Crippen LogP contribution >= 0.6 is 0 Å². The summed E-state index contributed by atoms with van der Waals surface area (Å²) in [6.07, 6.45) is 105. The molecule has 2 unspecified atom stereocenters. The zero-order valence-electron chi connectivity index (χ0n) is 60.3. The molecular weight excluding hydrogens is 1150 g/mol. The fourth-order valence-corrected chi connectivity index (χ4v) is 10.1. The van der Waals surface area contributed by atoms with Crippen LogP contribution in [-0.4, -0.2) is 82.3 Å². The van der Waals surface area contributed by atoms with Gasteiger partial charge in [0.15, 0.2) is 12.4 Å². The molecule has 2 atom stereocenters. The van der Waals surface area contributed by atoms with E-state index in [4.69, 9.17) is 18.9 Å². The second-order valence-electron chi connectivity index (χ2n) is 25.8. The highest BCUT2D eigenvalue weighted by Crippen LogP contribution is 2.17. The van der Waals surface area contributed by atoms with Crippen molar-refractivity contribution in [3.8, 4) is 0 Å². The van der Waals surface area contributed by atoms with Gasteiger partial charge in [0.1, 0.15) is 13.2 Å². The molecule has 0 spiro atoms. The SMILES string of the molecule is CC/C=C\C/C=C\C/C=C\C/C=C\C/C=C\C/C=C\C/C=C\C/C=C\CCCCCCC(=O)OC(COC(=O)CCCCCCCCCCCCCCCCCCCCCCCCC/C=C\C/C=C\C/C=C\C/C=C\C/C=C\CC)COC(OCC[N+](C)(C)C)C(=O)[O-]. The van der Waals surface area contributed by atoms with Crippen LogP contribution in [0.3, 0.4) is 0 Å². The molecule has 0 heterocycles. The lowest BCUT2D eigenvalue weighted by Crippen LogP contribution is -2.44. The predicted octanol–water partition coefficient (Wildman–Crippen LogP) is 22.7. The zero-order valence-corrected chi connectivity index (χ0v) is 60.3. The number of carbonyl (C=O) groups excluding carboxylic acids is 3. The van der Waals surface area contributed by atoms with E-state index in [1.807, 2.05) is 21.1 Å². The molecule has 0 aromatic carbocycles. The highest BCUT2D eigenvalue weighted by molar-refractivity contribution is 5.70. The Morgan fingerprint density at radius 1 is 0.323 bits per heavy atom. The summed E-state index contributed by atoms with van der Waals surface area (Å²) in [7, 11) is 5.92. The lowest BCUT2D eigenvalue weighted by molar-refractivity contribution is -0.870. The third-order valence-electron chi connectivity index (χ3n) is 15.8. The molecule has 0 rings (SSSR count). The van der Waals surface area contributed by atoms with Gasteiger partial charge in [0.05, 0.1) is 40.3 Å². The normalized spacial score (nSPS) is 13.6. The number of allylic oxidation sites excluding steroid dienone is 26. The maximum absolute atomic E-state index is 12.9. The Labute approximate surface area is 572 Å². The van der Waals surface area contributed by atoms with E-state index in [-0.39, 0.29) is 38.6 Å². The average Bonchev–Trinajstić information content (AvgIpc) is 3.74. The lowest BCUT2D eigenvalue weighted by Gasteiger charge is -2.26. The monoisotopic (exact) mass is 1290 g/mol. The van der Waals surface area contributed by atoms with E-state index in [0.29, 0.717) is 17.4 Å². The van der Waals surface area contributed by atoms with Gasteiger partial charge in [0.25, 0.3) is 0 Å². The number of quaternary nitrogens is 1. The molecule has 0 saturated carbocycles. The van der Waals surface area contributed by atoms with Crippen LogP contribution in [0.25, 0.3) is 0 Å². The van der Waals surface area contributed by atoms with Crippen LogP contribution in [0, 0.1) is 0 Å². The smallest absolute Gasteiger partial charge is 0.306 e. The van der Waals surface area contributed by atoms with Crippen molar-refractivity contribution >= 4 is 17.9 Å². The molecular formula is C84H139NO8. The minimum Gasteiger partial charge on any atom is -0.545 e. The van der Waals surface area contributed by atoms with Crippen LogP contribution in [-0.2, 0) is 33.3 Å². The molecule has 0 aromatic heterocycles. The zero-order chi connectivity index (χ0) is 67.5. The molecule has 9 heteroatoms. The minimum atomic E-state index is -1.64. The molecule has 0 fully saturated rings. The molecule has 93 heavy (non-hydrogen) atoms. The van der Waals surface area contributed by atoms with E-state index < -0.39 is 24.3 Å². The van der Waals surface area contributed by atoms with Crippen molar-refractivity contribution in [1.29, 1.82) is 0 Å². The van der Waals surface area contributed by atoms with E-state index in [1.54, 1.807) is 0 Å². The van der Waals surface area contributed by atoms with Gasteiger partial charge >= 0.3 is 11.9 Å². The first-order valence-electron chi connectivity index (χ1n) is 37.6. The number of hydrogen-bond acceptors (Lipinski definition) is 8. The van der Waals surface area contributed by atoms with Crippen LogP contribution in [0.1, 0.15) is 296 Å². The van der Waals surface area contributed by atoms with E-state index in [9.17, 15) is 19.5 Å². The Bertz CT molecular complexity index is 2090. The van der Waals surface area contributed by atoms with Gasteiger partial charge in [-0.2, -0.15) is 0 Å². The van der Waals surface area contributed by atoms with Crippen molar-refractivity contribution in [3.05, 3.63) is 158 Å². The van der Waals surface area contributed by atoms with Crippen molar-refractivity contribution in [2.24, 2.45) is 0 Å². The Morgan fingerprint density at radius 3 is 0.860 bits per heavy atom. The average molecular weight is 1290 g/mol. The van der Waals surface area contributed by atoms with Gasteiger partial charge < -0.3 is 33.3 Å². The molecule has 0 bridgehead atoms. The van der Waals surface area contributed by atoms with Crippen molar-refractivity contribution in [1.82, 2.24) is 0 Å². The van der Waals surface area contributed by atoms with Crippen molar-refractivity contribution in [2.75, 3.05) is 47.5 Å². The van der Waals surface area contributed by atoms with Crippen LogP contribution in [0.15, 0.2) is 158 Å². The quantitative estimate of drug-likeness (QED) is 0.0195. The number of nitrogens with zero attached hydrogens (tertiary/aromatic N) is 1. The fraction of sp³-hybridized carbons (Fsp3) is 0.655. The first-order chi connectivity index (χ1) is 45.6. The highest BCUT2D eigenvalue weighted by Gasteiger charge is 2.22. The summed E-state index contributed by atoms with van der Waals surface area (Å²) >= 11 is 0. The molecule has 528 valence electrons. The standard InChI is InChI=1S/C84H139NO8/c1-6-8-10-12-14-16-18-20-22-24-26-28-30-32-34-36-37-38-39-40-41-42-43-44-45-47-48-50-52-54-56-58-60-62-64-66-68-70-72-74-81(86)91-78-80(79-92-84(83(88)89)90-77-76-85(3,4)5)93-82(87)75-73-71-69-67-65-63-61-59-57-55-53-51-49-46-35-33-31-29-27-25-23-21-19-17-15-13-11-9-7-2/h8-11,14-17,20-23,26-29,32-35,49,51,55,57,61,63,80,84H,6-7,12-13,18-19,24-25,30-31,36-48,50,52-54,56,58-60,62,64-79H2,1-5H3/b10-8-,11-9-,16-14-,17-15-,22-20-,23-21-,28-26-,29-27-,34-32-,35-33-,51-49-,57-55-,63-61-. The predicted molar refractivity (Wildman–Crippen MR) is 398 cm³/mol. The van der Waals surface area contributed by atoms with E-state index >= 15 is 0 Å². The Hall–Kier alpha value is -5.09. The van der Waals surface area contributed by atoms with Crippen LogP contribution in [0.4, 0.5) is 0 Å². The summed E-state index contributed by atoms with van der Waals surface area (Å²) in [5.74, 6) is -2.32. The van der Waals surface area contributed by atoms with Gasteiger partial charge in [-0.05, 0) is 122 Å². The third kappa shape index (κ3) is 74.2. The largest absolute Gasteiger partial charge is 0.545 e. The number of aliphatic carboxylic acids is 1. The molecule has 0 amide bonds. The maximum Gasteiger partial charge on any atom is 0.306 e. The Morgan fingerprint density at radius 2 is 0.581 bits per heavy atom. The summed E-state index contributed by atoms with van der Waals surface area (Å²) < 4.78 is 22.8. The first-order valence-corrected chi connectivity index (χ1v) is 37.6. The highest BCUT2D eigenvalue weighted by atomic mass is 16.7. The summed E-state index contributed by atoms with van der Waals surface area (Å²) in [4.78, 5) is 37.5. The summed E-state index contributed by atoms with van der Waals surface area (Å²) in [5, 5.41) is 11.8.